The van der Waals surface area contributed by atoms with Crippen molar-refractivity contribution in [1.29, 1.82) is 5.26 Å². The van der Waals surface area contributed by atoms with Gasteiger partial charge in [0, 0.05) is 11.1 Å². The molecule has 0 bridgehead atoms. The molecule has 0 aliphatic carbocycles. The molecule has 1 unspecified atom stereocenters. The van der Waals surface area contributed by atoms with E-state index in [1.165, 1.54) is 0 Å². The van der Waals surface area contributed by atoms with Crippen LogP contribution in [0.2, 0.25) is 0 Å². The third kappa shape index (κ3) is 1.45. The third-order valence-electron chi connectivity index (χ3n) is 2.63. The minimum Gasteiger partial charge on any atom is -0.379 e. The summed E-state index contributed by atoms with van der Waals surface area (Å²) < 4.78 is 6.31. The second kappa shape index (κ2) is 3.72. The molecular formula is C11H10BrNO. The number of nitriles is 1. The minimum atomic E-state index is -0.444. The molecule has 0 spiro atoms. The van der Waals surface area contributed by atoms with Crippen molar-refractivity contribution < 1.29 is 4.74 Å². The van der Waals surface area contributed by atoms with E-state index in [9.17, 15) is 5.26 Å². The normalized spacial score (nSPS) is 26.0. The Morgan fingerprint density at radius 3 is 2.79 bits per heavy atom. The summed E-state index contributed by atoms with van der Waals surface area (Å²) in [4.78, 5) is 0. The average Bonchev–Trinajstić information content (AvgIpc) is 2.68. The van der Waals surface area contributed by atoms with E-state index in [0.29, 0.717) is 13.2 Å². The third-order valence-corrected chi connectivity index (χ3v) is 3.32. The first kappa shape index (κ1) is 9.70. The molecule has 1 aliphatic heterocycles. The topological polar surface area (TPSA) is 33.0 Å². The van der Waals surface area contributed by atoms with Crippen LogP contribution < -0.4 is 0 Å². The Morgan fingerprint density at radius 2 is 2.21 bits per heavy atom. The van der Waals surface area contributed by atoms with Crippen molar-refractivity contribution in [1.82, 2.24) is 0 Å². The lowest BCUT2D eigenvalue weighted by atomic mass is 9.81. The Kier molecular flexibility index (Phi) is 2.58. The van der Waals surface area contributed by atoms with Crippen LogP contribution in [0.25, 0.3) is 0 Å². The molecule has 1 aliphatic rings. The van der Waals surface area contributed by atoms with E-state index < -0.39 is 5.41 Å². The summed E-state index contributed by atoms with van der Waals surface area (Å²) in [6, 6.07) is 10.2. The molecule has 1 aromatic carbocycles. The van der Waals surface area contributed by atoms with E-state index in [-0.39, 0.29) is 0 Å². The van der Waals surface area contributed by atoms with Crippen LogP contribution in [0.3, 0.4) is 0 Å². The fraction of sp³-hybridized carbons (Fsp3) is 0.364. The van der Waals surface area contributed by atoms with E-state index in [4.69, 9.17) is 4.74 Å². The van der Waals surface area contributed by atoms with Crippen LogP contribution in [-0.2, 0) is 10.2 Å². The molecule has 72 valence electrons. The molecule has 2 nitrogen and oxygen atoms in total. The quantitative estimate of drug-likeness (QED) is 0.769. The lowest BCUT2D eigenvalue weighted by molar-refractivity contribution is 0.186. The van der Waals surface area contributed by atoms with Crippen LogP contribution in [0, 0.1) is 11.3 Å². The van der Waals surface area contributed by atoms with Crippen molar-refractivity contribution in [2.75, 3.05) is 13.2 Å². The van der Waals surface area contributed by atoms with Gasteiger partial charge >= 0.3 is 0 Å². The van der Waals surface area contributed by atoms with Crippen LogP contribution in [0.5, 0.6) is 0 Å². The van der Waals surface area contributed by atoms with Gasteiger partial charge in [-0.15, -0.1) is 0 Å². The first-order valence-electron chi connectivity index (χ1n) is 4.52. The second-order valence-electron chi connectivity index (χ2n) is 3.48. The summed E-state index contributed by atoms with van der Waals surface area (Å²) in [5, 5.41) is 9.24. The van der Waals surface area contributed by atoms with E-state index in [1.54, 1.807) is 0 Å². The Bertz CT molecular complexity index is 377. The Hall–Kier alpha value is -0.850. The van der Waals surface area contributed by atoms with E-state index in [2.05, 4.69) is 22.0 Å². The summed E-state index contributed by atoms with van der Waals surface area (Å²) in [6.45, 7) is 1.18. The molecular weight excluding hydrogens is 242 g/mol. The van der Waals surface area contributed by atoms with Crippen molar-refractivity contribution in [3.63, 3.8) is 0 Å². The van der Waals surface area contributed by atoms with Gasteiger partial charge in [0.25, 0.3) is 0 Å². The highest BCUT2D eigenvalue weighted by atomic mass is 79.9. The highest BCUT2D eigenvalue weighted by Crippen LogP contribution is 2.36. The molecule has 0 aromatic heterocycles. The number of hydrogen-bond acceptors (Lipinski definition) is 2. The molecule has 2 rings (SSSR count). The number of halogens is 1. The molecule has 0 radical (unpaired) electrons. The summed E-state index contributed by atoms with van der Waals surface area (Å²) in [5.74, 6) is 0. The summed E-state index contributed by atoms with van der Waals surface area (Å²) in [6.07, 6.45) is 0.784. The summed E-state index contributed by atoms with van der Waals surface area (Å²) in [5.41, 5.74) is 0.597. The van der Waals surface area contributed by atoms with E-state index in [0.717, 1.165) is 16.5 Å². The molecule has 0 amide bonds. The van der Waals surface area contributed by atoms with Crippen molar-refractivity contribution >= 4 is 15.9 Å². The smallest absolute Gasteiger partial charge is 0.109 e. The standard InChI is InChI=1S/C11H10BrNO/c12-10-4-2-1-3-9(10)11(7-13)5-6-14-8-11/h1-4H,5-6,8H2. The second-order valence-corrected chi connectivity index (χ2v) is 4.33. The van der Waals surface area contributed by atoms with Gasteiger partial charge in [-0.25, -0.2) is 0 Å². The summed E-state index contributed by atoms with van der Waals surface area (Å²) in [7, 11) is 0. The zero-order valence-electron chi connectivity index (χ0n) is 7.66. The van der Waals surface area contributed by atoms with Crippen LogP contribution >= 0.6 is 15.9 Å². The first-order valence-corrected chi connectivity index (χ1v) is 5.32. The highest BCUT2D eigenvalue weighted by molar-refractivity contribution is 9.10. The van der Waals surface area contributed by atoms with Gasteiger partial charge in [-0.2, -0.15) is 5.26 Å². The molecule has 0 saturated carbocycles. The van der Waals surface area contributed by atoms with Gasteiger partial charge in [0.1, 0.15) is 5.41 Å². The molecule has 3 heteroatoms. The zero-order chi connectivity index (χ0) is 10.0. The maximum Gasteiger partial charge on any atom is 0.109 e. The maximum atomic E-state index is 9.24. The minimum absolute atomic E-state index is 0.444. The van der Waals surface area contributed by atoms with Crippen LogP contribution in [0.15, 0.2) is 28.7 Å². The lowest BCUT2D eigenvalue weighted by Crippen LogP contribution is -2.24. The largest absolute Gasteiger partial charge is 0.379 e. The van der Waals surface area contributed by atoms with Crippen molar-refractivity contribution in [3.05, 3.63) is 34.3 Å². The molecule has 1 saturated heterocycles. The molecule has 1 aromatic rings. The predicted molar refractivity (Wildman–Crippen MR) is 56.9 cm³/mol. The van der Waals surface area contributed by atoms with Crippen LogP contribution in [-0.4, -0.2) is 13.2 Å². The molecule has 1 atom stereocenters. The van der Waals surface area contributed by atoms with Gasteiger partial charge in [0.05, 0.1) is 12.7 Å². The van der Waals surface area contributed by atoms with E-state index >= 15 is 0 Å². The van der Waals surface area contributed by atoms with Gasteiger partial charge in [-0.05, 0) is 18.1 Å². The predicted octanol–water partition coefficient (Wildman–Crippen LogP) is 2.63. The van der Waals surface area contributed by atoms with Crippen molar-refractivity contribution in [2.45, 2.75) is 11.8 Å². The van der Waals surface area contributed by atoms with Gasteiger partial charge in [0.15, 0.2) is 0 Å². The van der Waals surface area contributed by atoms with Gasteiger partial charge < -0.3 is 4.74 Å². The number of rotatable bonds is 1. The fourth-order valence-electron chi connectivity index (χ4n) is 1.78. The first-order chi connectivity index (χ1) is 6.78. The summed E-state index contributed by atoms with van der Waals surface area (Å²) >= 11 is 3.48. The van der Waals surface area contributed by atoms with E-state index in [1.807, 2.05) is 24.3 Å². The van der Waals surface area contributed by atoms with Crippen LogP contribution in [0.1, 0.15) is 12.0 Å². The maximum absolute atomic E-state index is 9.24. The molecule has 1 heterocycles. The molecule has 0 N–H and O–H groups in total. The van der Waals surface area contributed by atoms with Gasteiger partial charge in [0.2, 0.25) is 0 Å². The Morgan fingerprint density at radius 1 is 1.43 bits per heavy atom. The van der Waals surface area contributed by atoms with Crippen molar-refractivity contribution in [3.8, 4) is 6.07 Å². The molecule has 1 fully saturated rings. The SMILES string of the molecule is N#CC1(c2ccccc2Br)CCOC1. The monoisotopic (exact) mass is 251 g/mol. The number of nitrogens with zero attached hydrogens (tertiary/aromatic N) is 1. The Balaban J connectivity index is 2.47. The molecule has 14 heavy (non-hydrogen) atoms. The number of benzene rings is 1. The fourth-order valence-corrected chi connectivity index (χ4v) is 2.44. The van der Waals surface area contributed by atoms with Gasteiger partial charge in [-0.3, -0.25) is 0 Å². The average molecular weight is 252 g/mol. The number of hydrogen-bond donors (Lipinski definition) is 0. The van der Waals surface area contributed by atoms with Gasteiger partial charge in [-0.1, -0.05) is 34.1 Å². The van der Waals surface area contributed by atoms with Crippen LogP contribution in [0.4, 0.5) is 0 Å². The zero-order valence-corrected chi connectivity index (χ0v) is 9.25. The Labute approximate surface area is 91.6 Å². The lowest BCUT2D eigenvalue weighted by Gasteiger charge is -2.20. The number of ether oxygens (including phenoxy) is 1. The highest BCUT2D eigenvalue weighted by Gasteiger charge is 2.38. The van der Waals surface area contributed by atoms with Crippen molar-refractivity contribution in [2.24, 2.45) is 0 Å².